The molecule has 0 saturated heterocycles. The minimum Gasteiger partial charge on any atom is -0.507 e. The Hall–Kier alpha value is -3.38. The Kier molecular flexibility index (Phi) is 4.48. The number of nitrogens with one attached hydrogen (secondary N) is 1. The third kappa shape index (κ3) is 3.47. The molecule has 0 fully saturated rings. The average molecular weight is 379 g/mol. The maximum absolute atomic E-state index is 12.2. The van der Waals surface area contributed by atoms with Crippen LogP contribution in [0.15, 0.2) is 67.0 Å². The molecule has 4 rings (SSSR count). The standard InChI is InChI=1S/C20H15ClN4O2/c21-14-6-7-18-15(8-14)16(12-25(18)11-13-4-2-1-3-5-13)19(26)9-20(27)17-10-22-24-23-17/h1-10,12,26H,11H2,(H,22,23,24). The Labute approximate surface area is 159 Å². The molecule has 2 aromatic heterocycles. The number of aromatic nitrogens is 4. The molecule has 4 aromatic rings. The van der Waals surface area contributed by atoms with Gasteiger partial charge in [-0.1, -0.05) is 41.9 Å². The summed E-state index contributed by atoms with van der Waals surface area (Å²) in [6.07, 6.45) is 4.26. The fraction of sp³-hybridized carbons (Fsp3) is 0.0500. The SMILES string of the molecule is O=C(C=C(O)c1cn(Cc2ccccc2)c2ccc(Cl)cc12)c1cn[nH]n1. The molecule has 134 valence electrons. The highest BCUT2D eigenvalue weighted by Gasteiger charge is 2.15. The molecule has 0 aliphatic carbocycles. The topological polar surface area (TPSA) is 83.8 Å². The molecule has 2 aromatic carbocycles. The first kappa shape index (κ1) is 17.1. The molecule has 2 N–H and O–H groups in total. The zero-order chi connectivity index (χ0) is 18.8. The Morgan fingerprint density at radius 1 is 1.22 bits per heavy atom. The number of benzene rings is 2. The highest BCUT2D eigenvalue weighted by atomic mass is 35.5. The summed E-state index contributed by atoms with van der Waals surface area (Å²) in [4.78, 5) is 12.2. The number of carbonyl (C=O) groups is 1. The van der Waals surface area contributed by atoms with Crippen LogP contribution in [-0.4, -0.2) is 30.9 Å². The van der Waals surface area contributed by atoms with E-state index in [0.29, 0.717) is 17.1 Å². The van der Waals surface area contributed by atoms with Gasteiger partial charge in [0.25, 0.3) is 0 Å². The Morgan fingerprint density at radius 2 is 2.04 bits per heavy atom. The largest absolute Gasteiger partial charge is 0.507 e. The summed E-state index contributed by atoms with van der Waals surface area (Å²) in [7, 11) is 0. The number of aliphatic hydroxyl groups is 1. The second-order valence-electron chi connectivity index (χ2n) is 6.07. The van der Waals surface area contributed by atoms with Crippen molar-refractivity contribution in [3.05, 3.63) is 88.8 Å². The van der Waals surface area contributed by atoms with Gasteiger partial charge in [0.05, 0.1) is 6.20 Å². The molecule has 0 spiro atoms. The zero-order valence-electron chi connectivity index (χ0n) is 14.1. The number of allylic oxidation sites excluding steroid dienone is 1. The maximum Gasteiger partial charge on any atom is 0.211 e. The summed E-state index contributed by atoms with van der Waals surface area (Å²) in [5.74, 6) is -0.589. The number of rotatable bonds is 5. The van der Waals surface area contributed by atoms with E-state index in [1.54, 1.807) is 12.1 Å². The minimum atomic E-state index is -0.438. The van der Waals surface area contributed by atoms with Gasteiger partial charge in [-0.05, 0) is 23.8 Å². The quantitative estimate of drug-likeness (QED) is 0.309. The smallest absolute Gasteiger partial charge is 0.211 e. The fourth-order valence-corrected chi connectivity index (χ4v) is 3.15. The molecular weight excluding hydrogens is 364 g/mol. The van der Waals surface area contributed by atoms with Crippen molar-refractivity contribution in [1.29, 1.82) is 0 Å². The number of hydrogen-bond donors (Lipinski definition) is 2. The van der Waals surface area contributed by atoms with Crippen LogP contribution in [0.2, 0.25) is 5.02 Å². The van der Waals surface area contributed by atoms with Gasteiger partial charge in [0.15, 0.2) is 5.69 Å². The van der Waals surface area contributed by atoms with Crippen molar-refractivity contribution in [1.82, 2.24) is 20.0 Å². The highest BCUT2D eigenvalue weighted by Crippen LogP contribution is 2.29. The van der Waals surface area contributed by atoms with Crippen LogP contribution >= 0.6 is 11.6 Å². The van der Waals surface area contributed by atoms with Crippen molar-refractivity contribution in [2.24, 2.45) is 0 Å². The molecule has 0 bridgehead atoms. The number of aliphatic hydroxyl groups excluding tert-OH is 1. The first-order valence-electron chi connectivity index (χ1n) is 8.25. The van der Waals surface area contributed by atoms with Crippen LogP contribution in [0.3, 0.4) is 0 Å². The first-order chi connectivity index (χ1) is 13.1. The van der Waals surface area contributed by atoms with E-state index in [9.17, 15) is 9.90 Å². The van der Waals surface area contributed by atoms with Crippen LogP contribution in [0.4, 0.5) is 0 Å². The lowest BCUT2D eigenvalue weighted by Crippen LogP contribution is -1.98. The maximum atomic E-state index is 12.2. The van der Waals surface area contributed by atoms with Gasteiger partial charge in [-0.25, -0.2) is 0 Å². The lowest BCUT2D eigenvalue weighted by molar-refractivity contribution is 0.104. The predicted octanol–water partition coefficient (Wildman–Crippen LogP) is 4.24. The minimum absolute atomic E-state index is 0.132. The summed E-state index contributed by atoms with van der Waals surface area (Å²) < 4.78 is 2.01. The van der Waals surface area contributed by atoms with Gasteiger partial charge < -0.3 is 9.67 Å². The van der Waals surface area contributed by atoms with Crippen LogP contribution in [-0.2, 0) is 6.54 Å². The van der Waals surface area contributed by atoms with Gasteiger partial charge in [0.2, 0.25) is 5.78 Å². The molecular formula is C20H15ClN4O2. The van der Waals surface area contributed by atoms with Crippen LogP contribution in [0.5, 0.6) is 0 Å². The summed E-state index contributed by atoms with van der Waals surface area (Å²) in [5.41, 5.74) is 2.69. The molecule has 0 aliphatic rings. The number of H-pyrrole nitrogens is 1. The van der Waals surface area contributed by atoms with Crippen molar-refractivity contribution >= 4 is 34.0 Å². The molecule has 27 heavy (non-hydrogen) atoms. The average Bonchev–Trinajstić information content (AvgIpc) is 3.31. The van der Waals surface area contributed by atoms with Crippen molar-refractivity contribution in [3.8, 4) is 0 Å². The molecule has 6 nitrogen and oxygen atoms in total. The molecule has 0 aliphatic heterocycles. The number of fused-ring (bicyclic) bond motifs is 1. The molecule has 0 atom stereocenters. The summed E-state index contributed by atoms with van der Waals surface area (Å²) in [5, 5.41) is 21.6. The van der Waals surface area contributed by atoms with Crippen LogP contribution in [0.1, 0.15) is 21.6 Å². The normalized spacial score (nSPS) is 11.8. The van der Waals surface area contributed by atoms with E-state index in [4.69, 9.17) is 11.6 Å². The highest BCUT2D eigenvalue weighted by molar-refractivity contribution is 6.31. The Balaban J connectivity index is 1.78. The molecule has 2 heterocycles. The van der Waals surface area contributed by atoms with E-state index < -0.39 is 5.78 Å². The van der Waals surface area contributed by atoms with Gasteiger partial charge in [0.1, 0.15) is 5.76 Å². The third-order valence-corrected chi connectivity index (χ3v) is 4.49. The van der Waals surface area contributed by atoms with E-state index in [1.165, 1.54) is 6.20 Å². The van der Waals surface area contributed by atoms with E-state index >= 15 is 0 Å². The van der Waals surface area contributed by atoms with Gasteiger partial charge in [-0.2, -0.15) is 15.4 Å². The van der Waals surface area contributed by atoms with E-state index in [-0.39, 0.29) is 11.5 Å². The summed E-state index contributed by atoms with van der Waals surface area (Å²) in [6, 6.07) is 15.5. The van der Waals surface area contributed by atoms with Crippen molar-refractivity contribution in [2.45, 2.75) is 6.54 Å². The Bertz CT molecular complexity index is 1130. The van der Waals surface area contributed by atoms with E-state index in [2.05, 4.69) is 15.4 Å². The lowest BCUT2D eigenvalue weighted by atomic mass is 10.1. The lowest BCUT2D eigenvalue weighted by Gasteiger charge is -2.05. The third-order valence-electron chi connectivity index (χ3n) is 4.25. The van der Waals surface area contributed by atoms with Crippen molar-refractivity contribution in [3.63, 3.8) is 0 Å². The van der Waals surface area contributed by atoms with Gasteiger partial charge >= 0.3 is 0 Å². The summed E-state index contributed by atoms with van der Waals surface area (Å²) in [6.45, 7) is 0.628. The molecule has 0 saturated carbocycles. The zero-order valence-corrected chi connectivity index (χ0v) is 14.9. The number of ketones is 1. The molecule has 0 radical (unpaired) electrons. The first-order valence-corrected chi connectivity index (χ1v) is 8.63. The van der Waals surface area contributed by atoms with Gasteiger partial charge in [0, 0.05) is 40.3 Å². The second kappa shape index (κ2) is 7.09. The predicted molar refractivity (Wildman–Crippen MR) is 104 cm³/mol. The fourth-order valence-electron chi connectivity index (χ4n) is 2.98. The molecule has 0 amide bonds. The van der Waals surface area contributed by atoms with Crippen LogP contribution in [0, 0.1) is 0 Å². The number of halogens is 1. The van der Waals surface area contributed by atoms with Crippen molar-refractivity contribution in [2.75, 3.05) is 0 Å². The monoisotopic (exact) mass is 378 g/mol. The van der Waals surface area contributed by atoms with Crippen molar-refractivity contribution < 1.29 is 9.90 Å². The number of aromatic amines is 1. The Morgan fingerprint density at radius 3 is 2.78 bits per heavy atom. The van der Waals surface area contributed by atoms with Gasteiger partial charge in [-0.15, -0.1) is 0 Å². The van der Waals surface area contributed by atoms with Crippen LogP contribution in [0.25, 0.3) is 16.7 Å². The number of carbonyl (C=O) groups excluding carboxylic acids is 1. The van der Waals surface area contributed by atoms with E-state index in [0.717, 1.165) is 22.5 Å². The second-order valence-corrected chi connectivity index (χ2v) is 6.50. The molecule has 7 heteroatoms. The van der Waals surface area contributed by atoms with Crippen LogP contribution < -0.4 is 0 Å². The number of hydrogen-bond acceptors (Lipinski definition) is 4. The summed E-state index contributed by atoms with van der Waals surface area (Å²) >= 11 is 6.15. The molecule has 0 unspecified atom stereocenters. The number of nitrogens with zero attached hydrogens (tertiary/aromatic N) is 3. The van der Waals surface area contributed by atoms with Gasteiger partial charge in [-0.3, -0.25) is 4.79 Å². The van der Waals surface area contributed by atoms with E-state index in [1.807, 2.05) is 47.2 Å².